The smallest absolute Gasteiger partial charge is 0.411 e. The number of anilines is 1. The molecule has 0 unspecified atom stereocenters. The first-order valence-corrected chi connectivity index (χ1v) is 11.3. The number of fused-ring (bicyclic) bond motifs is 3. The number of para-hydroxylation sites is 1. The summed E-state index contributed by atoms with van der Waals surface area (Å²) in [6.07, 6.45) is -1.76. The van der Waals surface area contributed by atoms with Crippen LogP contribution in [-0.2, 0) is 28.6 Å². The number of carbonyl (C=O) groups excluding carboxylic acids is 2. The maximum atomic E-state index is 13.7. The first kappa shape index (κ1) is 20.7. The van der Waals surface area contributed by atoms with E-state index < -0.39 is 38.6 Å². The highest BCUT2D eigenvalue weighted by molar-refractivity contribution is 9.09. The van der Waals surface area contributed by atoms with Gasteiger partial charge in [-0.3, -0.25) is 4.90 Å². The summed E-state index contributed by atoms with van der Waals surface area (Å²) in [6, 6.07) is 13.9. The third-order valence-corrected chi connectivity index (χ3v) is 8.41. The summed E-state index contributed by atoms with van der Waals surface area (Å²) >= 11 is 3.69. The molecule has 8 nitrogen and oxygen atoms in total. The van der Waals surface area contributed by atoms with Crippen LogP contribution < -0.4 is 4.31 Å². The molecule has 4 rings (SSSR count). The highest BCUT2D eigenvalue weighted by Crippen LogP contribution is 2.59. The van der Waals surface area contributed by atoms with E-state index >= 15 is 0 Å². The number of nitrogens with zero attached hydrogens (tertiary/aromatic N) is 2. The highest BCUT2D eigenvalue weighted by atomic mass is 79.9. The Labute approximate surface area is 182 Å². The SMILES string of the molecule is COC(=O)[C@@H]1C[C@@]2(Br)c3ccccc3N(S(=O)(=O)c3ccccc3)[C@H]2N1C(=O)OC. The number of hydrogen-bond donors (Lipinski definition) is 0. The van der Waals surface area contributed by atoms with E-state index in [-0.39, 0.29) is 11.3 Å². The molecule has 2 heterocycles. The van der Waals surface area contributed by atoms with Gasteiger partial charge in [0.1, 0.15) is 12.2 Å². The lowest BCUT2D eigenvalue weighted by Gasteiger charge is -2.35. The summed E-state index contributed by atoms with van der Waals surface area (Å²) in [5.74, 6) is -0.650. The van der Waals surface area contributed by atoms with Crippen molar-refractivity contribution in [1.29, 1.82) is 0 Å². The van der Waals surface area contributed by atoms with Gasteiger partial charge in [0.15, 0.2) is 0 Å². The van der Waals surface area contributed by atoms with E-state index in [1.54, 1.807) is 42.5 Å². The lowest BCUT2D eigenvalue weighted by atomic mass is 9.96. The summed E-state index contributed by atoms with van der Waals surface area (Å²) in [6.45, 7) is 0. The lowest BCUT2D eigenvalue weighted by molar-refractivity contribution is -0.145. The molecule has 3 atom stereocenters. The number of hydrogen-bond acceptors (Lipinski definition) is 6. The molecule has 1 saturated heterocycles. The average Bonchev–Trinajstić information content (AvgIpc) is 3.20. The molecule has 2 aliphatic rings. The Kier molecular flexibility index (Phi) is 5.01. The second-order valence-corrected chi connectivity index (χ2v) is 10.2. The number of amides is 1. The van der Waals surface area contributed by atoms with Crippen LogP contribution in [0.4, 0.5) is 10.5 Å². The summed E-state index contributed by atoms with van der Waals surface area (Å²) in [7, 11) is -1.67. The first-order chi connectivity index (χ1) is 14.3. The van der Waals surface area contributed by atoms with Crippen molar-refractivity contribution in [3.8, 4) is 0 Å². The van der Waals surface area contributed by atoms with Gasteiger partial charge in [0.2, 0.25) is 0 Å². The summed E-state index contributed by atoms with van der Waals surface area (Å²) in [5.41, 5.74) is 1.09. The molecule has 158 valence electrons. The van der Waals surface area contributed by atoms with Crippen molar-refractivity contribution >= 4 is 43.7 Å². The zero-order valence-electron chi connectivity index (χ0n) is 16.2. The van der Waals surface area contributed by atoms with E-state index in [0.29, 0.717) is 11.3 Å². The van der Waals surface area contributed by atoms with Crippen LogP contribution in [0.1, 0.15) is 12.0 Å². The second kappa shape index (κ2) is 7.28. The number of rotatable bonds is 3. The van der Waals surface area contributed by atoms with Gasteiger partial charge in [-0.1, -0.05) is 52.3 Å². The van der Waals surface area contributed by atoms with Crippen molar-refractivity contribution in [3.63, 3.8) is 0 Å². The number of carbonyl (C=O) groups is 2. The Bertz CT molecular complexity index is 1110. The fraction of sp³-hybridized carbons (Fsp3) is 0.300. The van der Waals surface area contributed by atoms with Crippen LogP contribution in [0.2, 0.25) is 0 Å². The quantitative estimate of drug-likeness (QED) is 0.481. The van der Waals surface area contributed by atoms with Gasteiger partial charge < -0.3 is 9.47 Å². The van der Waals surface area contributed by atoms with Crippen molar-refractivity contribution in [2.45, 2.75) is 27.8 Å². The molecular weight excluding hydrogens is 476 g/mol. The van der Waals surface area contributed by atoms with Gasteiger partial charge in [-0.25, -0.2) is 22.3 Å². The van der Waals surface area contributed by atoms with Crippen LogP contribution in [0.5, 0.6) is 0 Å². The van der Waals surface area contributed by atoms with Crippen molar-refractivity contribution in [1.82, 2.24) is 4.90 Å². The Morgan fingerprint density at radius 3 is 2.30 bits per heavy atom. The van der Waals surface area contributed by atoms with Crippen LogP contribution in [0.15, 0.2) is 59.5 Å². The van der Waals surface area contributed by atoms with Crippen LogP contribution in [0.3, 0.4) is 0 Å². The summed E-state index contributed by atoms with van der Waals surface area (Å²) < 4.78 is 37.4. The number of esters is 1. The fourth-order valence-electron chi connectivity index (χ4n) is 4.21. The number of benzene rings is 2. The molecule has 2 aromatic carbocycles. The molecule has 0 saturated carbocycles. The van der Waals surface area contributed by atoms with E-state index in [4.69, 9.17) is 9.47 Å². The minimum absolute atomic E-state index is 0.0721. The maximum Gasteiger partial charge on any atom is 0.411 e. The van der Waals surface area contributed by atoms with Gasteiger partial charge >= 0.3 is 12.1 Å². The molecule has 10 heteroatoms. The Morgan fingerprint density at radius 1 is 1.03 bits per heavy atom. The van der Waals surface area contributed by atoms with E-state index in [2.05, 4.69) is 15.9 Å². The highest BCUT2D eigenvalue weighted by Gasteiger charge is 2.65. The van der Waals surface area contributed by atoms with Gasteiger partial charge in [-0.05, 0) is 23.8 Å². The molecule has 0 spiro atoms. The molecule has 2 aliphatic heterocycles. The Hall–Kier alpha value is -2.59. The van der Waals surface area contributed by atoms with Crippen LogP contribution >= 0.6 is 15.9 Å². The van der Waals surface area contributed by atoms with Gasteiger partial charge in [0.25, 0.3) is 10.0 Å². The predicted octanol–water partition coefficient (Wildman–Crippen LogP) is 2.83. The summed E-state index contributed by atoms with van der Waals surface area (Å²) in [5, 5.41) is 0. The topological polar surface area (TPSA) is 93.2 Å². The van der Waals surface area contributed by atoms with Gasteiger partial charge in [0, 0.05) is 6.42 Å². The number of halogens is 1. The number of sulfonamides is 1. The van der Waals surface area contributed by atoms with Crippen LogP contribution in [0.25, 0.3) is 0 Å². The average molecular weight is 495 g/mol. The molecule has 0 radical (unpaired) electrons. The zero-order chi connectivity index (χ0) is 21.7. The third-order valence-electron chi connectivity index (χ3n) is 5.47. The second-order valence-electron chi connectivity index (χ2n) is 6.99. The van der Waals surface area contributed by atoms with E-state index in [9.17, 15) is 18.0 Å². The van der Waals surface area contributed by atoms with E-state index in [0.717, 1.165) is 4.90 Å². The molecular formula is C20H19BrN2O6S. The molecule has 0 N–H and O–H groups in total. The molecule has 2 aromatic rings. The van der Waals surface area contributed by atoms with Crippen molar-refractivity contribution < 1.29 is 27.5 Å². The molecule has 1 fully saturated rings. The van der Waals surface area contributed by atoms with Gasteiger partial charge in [-0.2, -0.15) is 0 Å². The number of ether oxygens (including phenoxy) is 2. The monoisotopic (exact) mass is 494 g/mol. The normalized spacial score (nSPS) is 24.9. The largest absolute Gasteiger partial charge is 0.467 e. The molecule has 0 bridgehead atoms. The van der Waals surface area contributed by atoms with Crippen LogP contribution in [0, 0.1) is 0 Å². The standard InChI is InChI=1S/C20H19BrN2O6S/c1-28-17(24)16-12-20(21)14-10-6-7-11-15(14)23(18(20)22(16)19(25)29-2)30(26,27)13-8-4-3-5-9-13/h3-11,16,18H,12H2,1-2H3/t16-,18+,20+/m0/s1. The van der Waals surface area contributed by atoms with Gasteiger partial charge in [-0.15, -0.1) is 0 Å². The number of methoxy groups -OCH3 is 2. The zero-order valence-corrected chi connectivity index (χ0v) is 18.6. The van der Waals surface area contributed by atoms with E-state index in [1.807, 2.05) is 0 Å². The maximum absolute atomic E-state index is 13.7. The molecule has 1 amide bonds. The fourth-order valence-corrected chi connectivity index (χ4v) is 7.10. The minimum Gasteiger partial charge on any atom is -0.467 e. The van der Waals surface area contributed by atoms with Crippen molar-refractivity contribution in [2.24, 2.45) is 0 Å². The Balaban J connectivity index is 1.96. The van der Waals surface area contributed by atoms with E-state index in [1.165, 1.54) is 30.7 Å². The predicted molar refractivity (Wildman–Crippen MR) is 112 cm³/mol. The molecule has 30 heavy (non-hydrogen) atoms. The number of likely N-dealkylation sites (tertiary alicyclic amines) is 1. The number of alkyl halides is 1. The first-order valence-electron chi connectivity index (χ1n) is 9.09. The third kappa shape index (κ3) is 2.81. The van der Waals surface area contributed by atoms with Crippen molar-refractivity contribution in [2.75, 3.05) is 18.5 Å². The lowest BCUT2D eigenvalue weighted by Crippen LogP contribution is -2.55. The molecule has 0 aromatic heterocycles. The Morgan fingerprint density at radius 2 is 1.67 bits per heavy atom. The van der Waals surface area contributed by atoms with Crippen LogP contribution in [-0.4, -0.2) is 51.8 Å². The van der Waals surface area contributed by atoms with Crippen molar-refractivity contribution in [3.05, 3.63) is 60.2 Å². The molecule has 0 aliphatic carbocycles. The minimum atomic E-state index is -4.07. The summed E-state index contributed by atoms with van der Waals surface area (Å²) in [4.78, 5) is 26.5. The van der Waals surface area contributed by atoms with Gasteiger partial charge in [0.05, 0.1) is 29.1 Å².